The molecule has 0 radical (unpaired) electrons. The molecule has 2 heterocycles. The number of aryl methyl sites for hydroxylation is 3. The van der Waals surface area contributed by atoms with Gasteiger partial charge in [-0.2, -0.15) is 0 Å². The Morgan fingerprint density at radius 2 is 2.00 bits per heavy atom. The van der Waals surface area contributed by atoms with Gasteiger partial charge in [0.15, 0.2) is 0 Å². The fourth-order valence-corrected chi connectivity index (χ4v) is 5.08. The first-order valence-corrected chi connectivity index (χ1v) is 9.86. The van der Waals surface area contributed by atoms with Crippen LogP contribution in [0.2, 0.25) is 0 Å². The van der Waals surface area contributed by atoms with E-state index in [-0.39, 0.29) is 18.4 Å². The van der Waals surface area contributed by atoms with Crippen LogP contribution in [0.4, 0.5) is 10.5 Å². The Morgan fingerprint density at radius 1 is 1.26 bits per heavy atom. The van der Waals surface area contributed by atoms with Crippen molar-refractivity contribution >= 4 is 34.9 Å². The molecule has 1 saturated heterocycles. The first kappa shape index (κ1) is 17.7. The molecule has 6 nitrogen and oxygen atoms in total. The normalized spacial score (nSPS) is 21.3. The molecule has 1 aliphatic heterocycles. The summed E-state index contributed by atoms with van der Waals surface area (Å²) in [5, 5.41) is 7.60. The van der Waals surface area contributed by atoms with Gasteiger partial charge in [-0.3, -0.25) is 14.5 Å². The third kappa shape index (κ3) is 3.02. The number of nitrogens with one attached hydrogen (secondary N) is 2. The largest absolute Gasteiger partial charge is 0.325 e. The summed E-state index contributed by atoms with van der Waals surface area (Å²) in [5.41, 5.74) is 2.61. The first-order valence-electron chi connectivity index (χ1n) is 8.98. The molecule has 2 aliphatic rings. The summed E-state index contributed by atoms with van der Waals surface area (Å²) in [6.07, 6.45) is 2.32. The quantitative estimate of drug-likeness (QED) is 0.800. The lowest BCUT2D eigenvalue weighted by molar-refractivity contribution is -0.134. The zero-order chi connectivity index (χ0) is 19.2. The molecule has 1 fully saturated rings. The molecule has 1 aliphatic carbocycles. The van der Waals surface area contributed by atoms with E-state index in [4.69, 9.17) is 0 Å². The lowest BCUT2D eigenvalue weighted by Crippen LogP contribution is -2.46. The van der Waals surface area contributed by atoms with E-state index in [1.54, 1.807) is 11.3 Å². The van der Waals surface area contributed by atoms with Gasteiger partial charge in [-0.1, -0.05) is 6.07 Å². The van der Waals surface area contributed by atoms with Gasteiger partial charge in [0.1, 0.15) is 12.1 Å². The summed E-state index contributed by atoms with van der Waals surface area (Å²) >= 11 is 1.61. The average Bonchev–Trinajstić information content (AvgIpc) is 3.15. The Hall–Kier alpha value is -2.67. The fraction of sp³-hybridized carbons (Fsp3) is 0.350. The van der Waals surface area contributed by atoms with Gasteiger partial charge in [-0.15, -0.1) is 11.3 Å². The number of benzene rings is 1. The number of hydrogen-bond donors (Lipinski definition) is 2. The second-order valence-corrected chi connectivity index (χ2v) is 8.26. The van der Waals surface area contributed by atoms with Crippen LogP contribution in [0.25, 0.3) is 0 Å². The summed E-state index contributed by atoms with van der Waals surface area (Å²) < 4.78 is 0. The van der Waals surface area contributed by atoms with Crippen LogP contribution in [0, 0.1) is 13.8 Å². The highest BCUT2D eigenvalue weighted by atomic mass is 32.1. The summed E-state index contributed by atoms with van der Waals surface area (Å²) in [6.45, 7) is 3.61. The number of fused-ring (bicyclic) bond motifs is 2. The number of amides is 4. The Morgan fingerprint density at radius 3 is 2.74 bits per heavy atom. The van der Waals surface area contributed by atoms with Crippen LogP contribution >= 0.6 is 11.3 Å². The predicted octanol–water partition coefficient (Wildman–Crippen LogP) is 3.09. The Balaban J connectivity index is 1.53. The summed E-state index contributed by atoms with van der Waals surface area (Å²) in [4.78, 5) is 40.3. The molecule has 1 aromatic carbocycles. The fourth-order valence-electron chi connectivity index (χ4n) is 4.08. The maximum atomic E-state index is 13.1. The van der Waals surface area contributed by atoms with Crippen molar-refractivity contribution in [3.05, 3.63) is 51.2 Å². The molecular formula is C20H21N3O3S. The smallest absolute Gasteiger partial charge is 0.325 e. The van der Waals surface area contributed by atoms with E-state index < -0.39 is 11.6 Å². The number of hydrogen-bond acceptors (Lipinski definition) is 4. The molecular weight excluding hydrogens is 362 g/mol. The molecule has 27 heavy (non-hydrogen) atoms. The SMILES string of the molecule is Cc1cc(C)cc(NC(=O)CN2C(=O)N[C@]3(CCCc4sccc43)C2=O)c1. The van der Waals surface area contributed by atoms with Crippen molar-refractivity contribution in [2.45, 2.75) is 38.6 Å². The molecule has 2 N–H and O–H groups in total. The minimum absolute atomic E-state index is 0.293. The van der Waals surface area contributed by atoms with Gasteiger partial charge in [-0.05, 0) is 67.8 Å². The summed E-state index contributed by atoms with van der Waals surface area (Å²) in [5.74, 6) is -0.718. The van der Waals surface area contributed by atoms with Crippen LogP contribution in [-0.2, 0) is 21.5 Å². The summed E-state index contributed by atoms with van der Waals surface area (Å²) in [7, 11) is 0. The highest BCUT2D eigenvalue weighted by Gasteiger charge is 2.54. The molecule has 0 unspecified atom stereocenters. The topological polar surface area (TPSA) is 78.5 Å². The molecule has 0 saturated carbocycles. The average molecular weight is 383 g/mol. The van der Waals surface area contributed by atoms with E-state index in [1.165, 1.54) is 0 Å². The number of nitrogens with zero attached hydrogens (tertiary/aromatic N) is 1. The number of carbonyl (C=O) groups excluding carboxylic acids is 3. The van der Waals surface area contributed by atoms with Crippen molar-refractivity contribution in [2.24, 2.45) is 0 Å². The predicted molar refractivity (Wildman–Crippen MR) is 104 cm³/mol. The highest BCUT2D eigenvalue weighted by molar-refractivity contribution is 7.10. The molecule has 1 atom stereocenters. The lowest BCUT2D eigenvalue weighted by atomic mass is 9.80. The minimum atomic E-state index is -1.01. The van der Waals surface area contributed by atoms with Crippen LogP contribution < -0.4 is 10.6 Å². The monoisotopic (exact) mass is 383 g/mol. The molecule has 2 aromatic rings. The molecule has 0 bridgehead atoms. The second-order valence-electron chi connectivity index (χ2n) is 7.26. The molecule has 4 rings (SSSR count). The van der Waals surface area contributed by atoms with E-state index in [2.05, 4.69) is 10.6 Å². The van der Waals surface area contributed by atoms with Crippen molar-refractivity contribution in [3.63, 3.8) is 0 Å². The van der Waals surface area contributed by atoms with Gasteiger partial charge in [0, 0.05) is 16.1 Å². The molecule has 1 aromatic heterocycles. The zero-order valence-corrected chi connectivity index (χ0v) is 16.1. The molecule has 4 amide bonds. The standard InChI is InChI=1S/C20H21N3O3S/c1-12-8-13(2)10-14(9-12)21-17(24)11-23-18(25)20(22-19(23)26)6-3-4-16-15(20)5-7-27-16/h5,7-10H,3-4,6,11H2,1-2H3,(H,21,24)(H,22,26)/t20-/m0/s1. The van der Waals surface area contributed by atoms with Crippen LogP contribution in [0.5, 0.6) is 0 Å². The highest BCUT2D eigenvalue weighted by Crippen LogP contribution is 2.42. The first-order chi connectivity index (χ1) is 12.9. The van der Waals surface area contributed by atoms with Crippen LogP contribution in [0.3, 0.4) is 0 Å². The van der Waals surface area contributed by atoms with Crippen molar-refractivity contribution in [1.82, 2.24) is 10.2 Å². The van der Waals surface area contributed by atoms with Gasteiger partial charge in [0.2, 0.25) is 5.91 Å². The van der Waals surface area contributed by atoms with Crippen molar-refractivity contribution < 1.29 is 14.4 Å². The Kier molecular flexibility index (Phi) is 4.26. The maximum absolute atomic E-state index is 13.1. The minimum Gasteiger partial charge on any atom is -0.325 e. The molecule has 1 spiro atoms. The number of anilines is 1. The van der Waals surface area contributed by atoms with Crippen molar-refractivity contribution in [2.75, 3.05) is 11.9 Å². The van der Waals surface area contributed by atoms with Gasteiger partial charge in [0.25, 0.3) is 5.91 Å². The van der Waals surface area contributed by atoms with Gasteiger partial charge in [-0.25, -0.2) is 4.79 Å². The van der Waals surface area contributed by atoms with Gasteiger partial charge < -0.3 is 10.6 Å². The number of rotatable bonds is 3. The number of urea groups is 1. The van der Waals surface area contributed by atoms with E-state index >= 15 is 0 Å². The molecule has 7 heteroatoms. The van der Waals surface area contributed by atoms with Crippen LogP contribution in [0.15, 0.2) is 29.6 Å². The van der Waals surface area contributed by atoms with Crippen molar-refractivity contribution in [1.29, 1.82) is 0 Å². The van der Waals surface area contributed by atoms with Gasteiger partial charge in [0.05, 0.1) is 0 Å². The third-order valence-electron chi connectivity index (χ3n) is 5.14. The summed E-state index contributed by atoms with van der Waals surface area (Å²) in [6, 6.07) is 7.14. The van der Waals surface area contributed by atoms with E-state index in [0.717, 1.165) is 39.3 Å². The van der Waals surface area contributed by atoms with Crippen LogP contribution in [0.1, 0.15) is 34.4 Å². The lowest BCUT2D eigenvalue weighted by Gasteiger charge is -2.31. The van der Waals surface area contributed by atoms with Crippen LogP contribution in [-0.4, -0.2) is 29.3 Å². The van der Waals surface area contributed by atoms with E-state index in [9.17, 15) is 14.4 Å². The number of imide groups is 1. The van der Waals surface area contributed by atoms with E-state index in [0.29, 0.717) is 12.1 Å². The zero-order valence-electron chi connectivity index (χ0n) is 15.3. The Bertz CT molecular complexity index is 931. The second kappa shape index (κ2) is 6.49. The maximum Gasteiger partial charge on any atom is 0.325 e. The number of thiophene rings is 1. The Labute approximate surface area is 161 Å². The van der Waals surface area contributed by atoms with E-state index in [1.807, 2.05) is 43.5 Å². The molecule has 140 valence electrons. The third-order valence-corrected chi connectivity index (χ3v) is 6.12. The number of carbonyl (C=O) groups is 3. The van der Waals surface area contributed by atoms with Crippen molar-refractivity contribution in [3.8, 4) is 0 Å². The van der Waals surface area contributed by atoms with Gasteiger partial charge >= 0.3 is 6.03 Å².